The van der Waals surface area contributed by atoms with Gasteiger partial charge in [0, 0.05) is 17.3 Å². The molecule has 1 N–H and O–H groups in total. The number of ether oxygens (including phenoxy) is 1. The number of thiocarbonyl (C=S) groups is 1. The highest BCUT2D eigenvalue weighted by Gasteiger charge is 2.43. The third kappa shape index (κ3) is 3.89. The van der Waals surface area contributed by atoms with Crippen molar-refractivity contribution < 1.29 is 19.1 Å². The maximum Gasteiger partial charge on any atom is 0.267 e. The fourth-order valence-corrected chi connectivity index (χ4v) is 5.25. The number of carbonyl (C=O) groups excluding carboxylic acids is 3. The Bertz CT molecular complexity index is 1160. The third-order valence-electron chi connectivity index (χ3n) is 5.14. The second-order valence-corrected chi connectivity index (χ2v) is 9.17. The van der Waals surface area contributed by atoms with Gasteiger partial charge in [-0.15, -0.1) is 0 Å². The third-order valence-corrected chi connectivity index (χ3v) is 6.54. The number of thioether (sulfide) groups is 1. The summed E-state index contributed by atoms with van der Waals surface area (Å²) in [6.45, 7) is 3.56. The van der Waals surface area contributed by atoms with Crippen LogP contribution in [0.2, 0.25) is 0 Å². The molecule has 0 aliphatic carbocycles. The van der Waals surface area contributed by atoms with Crippen molar-refractivity contribution in [2.24, 2.45) is 0 Å². The smallest absolute Gasteiger partial charge is 0.267 e. The first-order chi connectivity index (χ1) is 15.3. The molecule has 2 aromatic carbocycles. The Labute approximate surface area is 195 Å². The van der Waals surface area contributed by atoms with Gasteiger partial charge in [0.2, 0.25) is 5.91 Å². The molecule has 4 rings (SSSR count). The number of hydrogen-bond acceptors (Lipinski definition) is 6. The Morgan fingerprint density at radius 3 is 2.41 bits per heavy atom. The van der Waals surface area contributed by atoms with Gasteiger partial charge in [0.1, 0.15) is 16.6 Å². The highest BCUT2D eigenvalue weighted by molar-refractivity contribution is 8.26. The molecule has 2 aromatic rings. The number of fused-ring (bicyclic) bond motifs is 1. The molecule has 1 saturated heterocycles. The summed E-state index contributed by atoms with van der Waals surface area (Å²) in [5, 5.41) is 2.79. The molecule has 32 heavy (non-hydrogen) atoms. The molecule has 7 nitrogen and oxygen atoms in total. The summed E-state index contributed by atoms with van der Waals surface area (Å²) < 4.78 is 5.55. The minimum Gasteiger partial charge on any atom is -0.497 e. The van der Waals surface area contributed by atoms with E-state index >= 15 is 0 Å². The molecular weight excluding hydrogens is 446 g/mol. The largest absolute Gasteiger partial charge is 0.497 e. The zero-order valence-corrected chi connectivity index (χ0v) is 19.4. The maximum absolute atomic E-state index is 13.4. The van der Waals surface area contributed by atoms with E-state index in [1.807, 2.05) is 13.8 Å². The molecule has 1 fully saturated rings. The quantitative estimate of drug-likeness (QED) is 0.534. The lowest BCUT2D eigenvalue weighted by Gasteiger charge is -2.18. The van der Waals surface area contributed by atoms with Gasteiger partial charge < -0.3 is 10.1 Å². The number of amides is 3. The molecule has 2 heterocycles. The van der Waals surface area contributed by atoms with Gasteiger partial charge in [-0.3, -0.25) is 24.2 Å². The predicted molar refractivity (Wildman–Crippen MR) is 130 cm³/mol. The highest BCUT2D eigenvalue weighted by Crippen LogP contribution is 2.44. The summed E-state index contributed by atoms with van der Waals surface area (Å²) >= 11 is 6.50. The van der Waals surface area contributed by atoms with E-state index in [0.29, 0.717) is 37.5 Å². The van der Waals surface area contributed by atoms with Crippen molar-refractivity contribution in [2.75, 3.05) is 23.9 Å². The van der Waals surface area contributed by atoms with Crippen LogP contribution in [0.3, 0.4) is 0 Å². The SMILES string of the molecule is COc1ccc(NC(=O)CN2C(=O)C(=C3SC(=S)N(C(C)C)C3=O)c3ccccc32)cc1. The van der Waals surface area contributed by atoms with Crippen LogP contribution >= 0.6 is 24.0 Å². The molecule has 0 unspecified atom stereocenters. The van der Waals surface area contributed by atoms with Crippen molar-refractivity contribution in [2.45, 2.75) is 19.9 Å². The Balaban J connectivity index is 1.63. The molecule has 0 atom stereocenters. The molecule has 3 amide bonds. The van der Waals surface area contributed by atoms with Crippen LogP contribution < -0.4 is 15.0 Å². The molecule has 2 aliphatic rings. The Hall–Kier alpha value is -3.17. The molecule has 0 bridgehead atoms. The van der Waals surface area contributed by atoms with Gasteiger partial charge in [-0.2, -0.15) is 0 Å². The van der Waals surface area contributed by atoms with E-state index < -0.39 is 0 Å². The van der Waals surface area contributed by atoms with E-state index in [0.717, 1.165) is 11.8 Å². The van der Waals surface area contributed by atoms with E-state index in [-0.39, 0.29) is 30.3 Å². The predicted octanol–water partition coefficient (Wildman–Crippen LogP) is 3.66. The lowest BCUT2D eigenvalue weighted by atomic mass is 10.1. The van der Waals surface area contributed by atoms with Crippen LogP contribution in [-0.4, -0.2) is 46.6 Å². The lowest BCUT2D eigenvalue weighted by molar-refractivity contribution is -0.123. The number of rotatable bonds is 5. The monoisotopic (exact) mass is 467 g/mol. The normalized spacial score (nSPS) is 17.9. The number of methoxy groups -OCH3 is 1. The number of benzene rings is 2. The average molecular weight is 468 g/mol. The van der Waals surface area contributed by atoms with Gasteiger partial charge in [-0.1, -0.05) is 42.2 Å². The van der Waals surface area contributed by atoms with E-state index in [1.54, 1.807) is 55.6 Å². The number of carbonyl (C=O) groups is 3. The first-order valence-electron chi connectivity index (χ1n) is 9.96. The average Bonchev–Trinajstić information content (AvgIpc) is 3.21. The van der Waals surface area contributed by atoms with Crippen LogP contribution in [0.4, 0.5) is 11.4 Å². The number of para-hydroxylation sites is 1. The van der Waals surface area contributed by atoms with Gasteiger partial charge in [0.15, 0.2) is 0 Å². The number of hydrogen-bond donors (Lipinski definition) is 1. The molecular formula is C23H21N3O4S2. The minimum absolute atomic E-state index is 0.112. The number of nitrogens with zero attached hydrogens (tertiary/aromatic N) is 2. The van der Waals surface area contributed by atoms with Crippen molar-refractivity contribution in [3.63, 3.8) is 0 Å². The number of anilines is 2. The van der Waals surface area contributed by atoms with Gasteiger partial charge in [-0.05, 0) is 44.2 Å². The van der Waals surface area contributed by atoms with E-state index in [4.69, 9.17) is 17.0 Å². The van der Waals surface area contributed by atoms with E-state index in [2.05, 4.69) is 5.32 Å². The van der Waals surface area contributed by atoms with Crippen molar-refractivity contribution in [3.8, 4) is 5.75 Å². The Kier molecular flexibility index (Phi) is 6.03. The van der Waals surface area contributed by atoms with E-state index in [9.17, 15) is 14.4 Å². The van der Waals surface area contributed by atoms with Gasteiger partial charge >= 0.3 is 0 Å². The Morgan fingerprint density at radius 1 is 1.09 bits per heavy atom. The molecule has 0 saturated carbocycles. The summed E-state index contributed by atoms with van der Waals surface area (Å²) in [7, 11) is 1.57. The first kappa shape index (κ1) is 22.0. The molecule has 164 valence electrons. The molecule has 0 aromatic heterocycles. The molecule has 0 radical (unpaired) electrons. The van der Waals surface area contributed by atoms with Crippen molar-refractivity contribution in [1.82, 2.24) is 4.90 Å². The van der Waals surface area contributed by atoms with Crippen LogP contribution in [0.15, 0.2) is 53.4 Å². The van der Waals surface area contributed by atoms with E-state index in [1.165, 1.54) is 9.80 Å². The van der Waals surface area contributed by atoms with Crippen molar-refractivity contribution >= 4 is 63.0 Å². The molecule has 0 spiro atoms. The van der Waals surface area contributed by atoms with Gasteiger partial charge in [0.25, 0.3) is 11.8 Å². The zero-order chi connectivity index (χ0) is 23.0. The highest BCUT2D eigenvalue weighted by atomic mass is 32.2. The van der Waals surface area contributed by atoms with Gasteiger partial charge in [0.05, 0.1) is 23.3 Å². The first-order valence-corrected chi connectivity index (χ1v) is 11.2. The molecule has 2 aliphatic heterocycles. The van der Waals surface area contributed by atoms with Crippen LogP contribution in [0, 0.1) is 0 Å². The summed E-state index contributed by atoms with van der Waals surface area (Å²) in [6.07, 6.45) is 0. The van der Waals surface area contributed by atoms with Gasteiger partial charge in [-0.25, -0.2) is 0 Å². The van der Waals surface area contributed by atoms with Crippen LogP contribution in [0.25, 0.3) is 5.57 Å². The Morgan fingerprint density at radius 2 is 1.78 bits per heavy atom. The second-order valence-electron chi connectivity index (χ2n) is 7.53. The fourth-order valence-electron chi connectivity index (χ4n) is 3.65. The summed E-state index contributed by atoms with van der Waals surface area (Å²) in [5.74, 6) is -0.345. The van der Waals surface area contributed by atoms with Crippen molar-refractivity contribution in [1.29, 1.82) is 0 Å². The second kappa shape index (κ2) is 8.76. The summed E-state index contributed by atoms with van der Waals surface area (Å²) in [5.41, 5.74) is 2.10. The van der Waals surface area contributed by atoms with Crippen LogP contribution in [-0.2, 0) is 14.4 Å². The van der Waals surface area contributed by atoms with Crippen LogP contribution in [0.1, 0.15) is 19.4 Å². The zero-order valence-electron chi connectivity index (χ0n) is 17.7. The van der Waals surface area contributed by atoms with Crippen molar-refractivity contribution in [3.05, 3.63) is 59.0 Å². The standard InChI is InChI=1S/C23H21N3O4S2/c1-13(2)26-22(29)20(32-23(26)31)19-16-6-4-5-7-17(16)25(21(19)28)12-18(27)24-14-8-10-15(30-3)11-9-14/h4-11,13H,12H2,1-3H3,(H,24,27). The summed E-state index contributed by atoms with van der Waals surface area (Å²) in [4.78, 5) is 42.3. The summed E-state index contributed by atoms with van der Waals surface area (Å²) in [6, 6.07) is 14.0. The fraction of sp³-hybridized carbons (Fsp3) is 0.217. The van der Waals surface area contributed by atoms with Crippen LogP contribution in [0.5, 0.6) is 5.75 Å². The minimum atomic E-state index is -0.389. The topological polar surface area (TPSA) is 79.0 Å². The number of nitrogens with one attached hydrogen (secondary N) is 1. The molecule has 9 heteroatoms. The lowest BCUT2D eigenvalue weighted by Crippen LogP contribution is -2.36. The maximum atomic E-state index is 13.4.